The number of rotatable bonds is 7. The molecular weight excluding hydrogens is 368 g/mol. The van der Waals surface area contributed by atoms with Crippen molar-refractivity contribution in [3.8, 4) is 11.5 Å². The highest BCUT2D eigenvalue weighted by molar-refractivity contribution is 5.97. The van der Waals surface area contributed by atoms with Crippen molar-refractivity contribution in [2.24, 2.45) is 0 Å². The Balaban J connectivity index is 1.55. The Morgan fingerprint density at radius 1 is 1.07 bits per heavy atom. The molecule has 0 atom stereocenters. The first-order valence-electron chi connectivity index (χ1n) is 9.94. The number of carbonyl (C=O) groups is 2. The summed E-state index contributed by atoms with van der Waals surface area (Å²) in [5.41, 5.74) is 3.86. The maximum absolute atomic E-state index is 12.9. The van der Waals surface area contributed by atoms with Gasteiger partial charge in [0.25, 0.3) is 5.91 Å². The maximum Gasteiger partial charge on any atom is 0.251 e. The minimum atomic E-state index is -0.152. The van der Waals surface area contributed by atoms with E-state index in [-0.39, 0.29) is 11.8 Å². The zero-order chi connectivity index (χ0) is 20.8. The van der Waals surface area contributed by atoms with Gasteiger partial charge < -0.3 is 19.7 Å². The molecule has 0 aromatic heterocycles. The zero-order valence-electron chi connectivity index (χ0n) is 17.3. The molecule has 1 heterocycles. The molecule has 0 fully saturated rings. The molecule has 6 nitrogen and oxygen atoms in total. The third-order valence-electron chi connectivity index (χ3n) is 5.28. The fourth-order valence-electron chi connectivity index (χ4n) is 3.69. The van der Waals surface area contributed by atoms with Crippen molar-refractivity contribution in [1.82, 2.24) is 5.32 Å². The van der Waals surface area contributed by atoms with Gasteiger partial charge in [-0.15, -0.1) is 0 Å². The number of amides is 2. The molecular formula is C23H28N2O4. The second kappa shape index (κ2) is 9.45. The summed E-state index contributed by atoms with van der Waals surface area (Å²) in [6, 6.07) is 10.9. The van der Waals surface area contributed by atoms with Crippen LogP contribution in [0.25, 0.3) is 0 Å². The molecule has 0 bridgehead atoms. The zero-order valence-corrected chi connectivity index (χ0v) is 17.3. The van der Waals surface area contributed by atoms with Gasteiger partial charge in [-0.25, -0.2) is 0 Å². The lowest BCUT2D eigenvalue weighted by atomic mass is 9.96. The summed E-state index contributed by atoms with van der Waals surface area (Å²) in [5, 5.41) is 2.87. The minimum Gasteiger partial charge on any atom is -0.497 e. The molecule has 0 radical (unpaired) electrons. The highest BCUT2D eigenvalue weighted by Crippen LogP contribution is 2.38. The Bertz CT molecular complexity index is 877. The molecule has 0 spiro atoms. The van der Waals surface area contributed by atoms with Gasteiger partial charge in [0.05, 0.1) is 19.9 Å². The first-order chi connectivity index (χ1) is 14.0. The van der Waals surface area contributed by atoms with Gasteiger partial charge in [0.1, 0.15) is 11.5 Å². The Morgan fingerprint density at radius 2 is 1.83 bits per heavy atom. The molecule has 0 saturated heterocycles. The predicted octanol–water partition coefficient (Wildman–Crippen LogP) is 3.50. The van der Waals surface area contributed by atoms with Crippen molar-refractivity contribution >= 4 is 17.5 Å². The molecule has 1 N–H and O–H groups in total. The van der Waals surface area contributed by atoms with Crippen LogP contribution in [-0.2, 0) is 11.2 Å². The summed E-state index contributed by atoms with van der Waals surface area (Å²) in [6.07, 6.45) is 2.86. The molecule has 2 aromatic carbocycles. The number of hydrogen-bond donors (Lipinski definition) is 1. The first-order valence-corrected chi connectivity index (χ1v) is 9.94. The van der Waals surface area contributed by atoms with Crippen LogP contribution < -0.4 is 19.7 Å². The number of nitrogens with zero attached hydrogens (tertiary/aromatic N) is 1. The van der Waals surface area contributed by atoms with Crippen molar-refractivity contribution in [1.29, 1.82) is 0 Å². The number of anilines is 1. The van der Waals surface area contributed by atoms with E-state index < -0.39 is 0 Å². The van der Waals surface area contributed by atoms with Gasteiger partial charge in [0.15, 0.2) is 0 Å². The quantitative estimate of drug-likeness (QED) is 0.728. The van der Waals surface area contributed by atoms with Crippen LogP contribution in [0.5, 0.6) is 11.5 Å². The van der Waals surface area contributed by atoms with Gasteiger partial charge in [-0.2, -0.15) is 0 Å². The summed E-state index contributed by atoms with van der Waals surface area (Å²) in [4.78, 5) is 26.9. The van der Waals surface area contributed by atoms with Crippen LogP contribution in [0, 0.1) is 6.92 Å². The van der Waals surface area contributed by atoms with Crippen LogP contribution in [0.15, 0.2) is 36.4 Å². The van der Waals surface area contributed by atoms with Crippen molar-refractivity contribution < 1.29 is 19.1 Å². The van der Waals surface area contributed by atoms with Crippen LogP contribution >= 0.6 is 0 Å². The third kappa shape index (κ3) is 4.70. The Morgan fingerprint density at radius 3 is 2.52 bits per heavy atom. The molecule has 1 aliphatic heterocycles. The second-order valence-corrected chi connectivity index (χ2v) is 7.15. The van der Waals surface area contributed by atoms with E-state index in [1.165, 1.54) is 11.1 Å². The molecule has 0 aliphatic carbocycles. The summed E-state index contributed by atoms with van der Waals surface area (Å²) >= 11 is 0. The molecule has 3 rings (SSSR count). The summed E-state index contributed by atoms with van der Waals surface area (Å²) in [6.45, 7) is 3.22. The fourth-order valence-corrected chi connectivity index (χ4v) is 3.69. The first kappa shape index (κ1) is 20.7. The van der Waals surface area contributed by atoms with Gasteiger partial charge in [-0.3, -0.25) is 9.59 Å². The van der Waals surface area contributed by atoms with Gasteiger partial charge in [0.2, 0.25) is 5.91 Å². The Kier molecular flexibility index (Phi) is 6.75. The average molecular weight is 396 g/mol. The largest absolute Gasteiger partial charge is 0.497 e. The fraction of sp³-hybridized carbons (Fsp3) is 0.391. The van der Waals surface area contributed by atoms with Gasteiger partial charge >= 0.3 is 0 Å². The molecule has 29 heavy (non-hydrogen) atoms. The van der Waals surface area contributed by atoms with Crippen LogP contribution in [0.1, 0.15) is 40.7 Å². The smallest absolute Gasteiger partial charge is 0.251 e. The number of carbonyl (C=O) groups excluding carboxylic acids is 2. The van der Waals surface area contributed by atoms with Crippen molar-refractivity contribution in [2.45, 2.75) is 32.6 Å². The molecule has 2 amide bonds. The lowest BCUT2D eigenvalue weighted by Gasteiger charge is -2.32. The van der Waals surface area contributed by atoms with Crippen molar-refractivity contribution in [2.75, 3.05) is 32.2 Å². The summed E-state index contributed by atoms with van der Waals surface area (Å²) < 4.78 is 10.6. The van der Waals surface area contributed by atoms with Crippen LogP contribution in [0.3, 0.4) is 0 Å². The van der Waals surface area contributed by atoms with Crippen LogP contribution in [0.4, 0.5) is 5.69 Å². The highest BCUT2D eigenvalue weighted by Gasteiger charge is 2.26. The lowest BCUT2D eigenvalue weighted by molar-refractivity contribution is -0.118. The van der Waals surface area contributed by atoms with E-state index in [2.05, 4.69) is 12.2 Å². The highest BCUT2D eigenvalue weighted by atomic mass is 16.5. The van der Waals surface area contributed by atoms with E-state index in [1.807, 2.05) is 17.0 Å². The van der Waals surface area contributed by atoms with Gasteiger partial charge in [-0.05, 0) is 67.6 Å². The number of hydrogen-bond acceptors (Lipinski definition) is 4. The van der Waals surface area contributed by atoms with E-state index in [0.717, 1.165) is 24.3 Å². The normalized spacial score (nSPS) is 12.9. The summed E-state index contributed by atoms with van der Waals surface area (Å²) in [7, 11) is 3.22. The second-order valence-electron chi connectivity index (χ2n) is 7.15. The van der Waals surface area contributed by atoms with Crippen LogP contribution in [-0.4, -0.2) is 39.1 Å². The Hall–Kier alpha value is -3.02. The number of fused-ring (bicyclic) bond motifs is 1. The standard InChI is InChI=1S/C23H28N2O4/c1-16-8-13-20(29-3)22-19(16)6-5-15-25(22)21(26)7-4-14-24-23(27)17-9-11-18(28-2)12-10-17/h8-13H,4-7,14-15H2,1-3H3,(H,24,27). The van der Waals surface area contributed by atoms with Crippen molar-refractivity contribution in [3.63, 3.8) is 0 Å². The molecule has 0 unspecified atom stereocenters. The lowest BCUT2D eigenvalue weighted by Crippen LogP contribution is -2.36. The minimum absolute atomic E-state index is 0.0635. The Labute approximate surface area is 171 Å². The number of methoxy groups -OCH3 is 2. The van der Waals surface area contributed by atoms with E-state index >= 15 is 0 Å². The van der Waals surface area contributed by atoms with Crippen molar-refractivity contribution in [3.05, 3.63) is 53.1 Å². The topological polar surface area (TPSA) is 67.9 Å². The molecule has 0 saturated carbocycles. The summed E-state index contributed by atoms with van der Waals surface area (Å²) in [5.74, 6) is 1.36. The molecule has 1 aliphatic rings. The monoisotopic (exact) mass is 396 g/mol. The maximum atomic E-state index is 12.9. The number of benzene rings is 2. The SMILES string of the molecule is COc1ccc(C(=O)NCCCC(=O)N2CCCc3c(C)ccc(OC)c32)cc1. The predicted molar refractivity (Wildman–Crippen MR) is 113 cm³/mol. The van der Waals surface area contributed by atoms with Gasteiger partial charge in [-0.1, -0.05) is 6.07 Å². The average Bonchev–Trinajstić information content (AvgIpc) is 2.76. The number of nitrogens with one attached hydrogen (secondary N) is 1. The number of aryl methyl sites for hydroxylation is 1. The van der Waals surface area contributed by atoms with Gasteiger partial charge in [0, 0.05) is 25.1 Å². The third-order valence-corrected chi connectivity index (χ3v) is 5.28. The van der Waals surface area contributed by atoms with E-state index in [1.54, 1.807) is 38.5 Å². The molecule has 2 aromatic rings. The molecule has 6 heteroatoms. The molecule has 154 valence electrons. The van der Waals surface area contributed by atoms with E-state index in [9.17, 15) is 9.59 Å². The number of ether oxygens (including phenoxy) is 2. The van der Waals surface area contributed by atoms with E-state index in [0.29, 0.717) is 37.2 Å². The van der Waals surface area contributed by atoms with E-state index in [4.69, 9.17) is 9.47 Å². The van der Waals surface area contributed by atoms with Crippen LogP contribution in [0.2, 0.25) is 0 Å².